The van der Waals surface area contributed by atoms with Crippen molar-refractivity contribution in [2.24, 2.45) is 17.8 Å². The van der Waals surface area contributed by atoms with Crippen LogP contribution < -0.4 is 0 Å². The summed E-state index contributed by atoms with van der Waals surface area (Å²) >= 11 is 0. The molecular formula is C12H22FNO. The number of piperidine rings is 1. The molecule has 1 aliphatic carbocycles. The molecule has 2 unspecified atom stereocenters. The Morgan fingerprint density at radius 2 is 1.87 bits per heavy atom. The van der Waals surface area contributed by atoms with Crippen LogP contribution in [0.3, 0.4) is 0 Å². The number of fused-ring (bicyclic) bond motifs is 1. The summed E-state index contributed by atoms with van der Waals surface area (Å²) in [7, 11) is 0. The van der Waals surface area contributed by atoms with Gasteiger partial charge in [-0.05, 0) is 45.4 Å². The van der Waals surface area contributed by atoms with Crippen LogP contribution in [0.2, 0.25) is 0 Å². The van der Waals surface area contributed by atoms with Crippen LogP contribution in [0.4, 0.5) is 4.39 Å². The molecule has 0 aromatic heterocycles. The standard InChI is InChI=1S/C12H22FNO/c1-8(13)14-5-9-10(6-14)11(9)7-15-12(2,3)4/h8-11H,5-7H2,1-4H3/t8?,9-,10+,11?. The molecule has 1 heterocycles. The zero-order chi connectivity index (χ0) is 11.2. The molecule has 0 bridgehead atoms. The maximum atomic E-state index is 13.0. The molecule has 15 heavy (non-hydrogen) atoms. The molecule has 0 N–H and O–H groups in total. The second-order valence-corrected chi connectivity index (χ2v) is 5.94. The highest BCUT2D eigenvalue weighted by atomic mass is 19.1. The average Bonchev–Trinajstić information content (AvgIpc) is 2.55. The quantitative estimate of drug-likeness (QED) is 0.670. The first-order valence-electron chi connectivity index (χ1n) is 5.90. The van der Waals surface area contributed by atoms with Gasteiger partial charge in [0.05, 0.1) is 12.2 Å². The number of hydrogen-bond donors (Lipinski definition) is 0. The van der Waals surface area contributed by atoms with Gasteiger partial charge in [-0.2, -0.15) is 0 Å². The SMILES string of the molecule is CC(F)N1C[C@@H]2C(COC(C)(C)C)[C@@H]2C1. The molecule has 0 aromatic carbocycles. The van der Waals surface area contributed by atoms with E-state index in [-0.39, 0.29) is 5.60 Å². The van der Waals surface area contributed by atoms with E-state index in [1.54, 1.807) is 6.92 Å². The maximum Gasteiger partial charge on any atom is 0.150 e. The Balaban J connectivity index is 1.71. The number of ether oxygens (including phenoxy) is 1. The van der Waals surface area contributed by atoms with Gasteiger partial charge in [0.15, 0.2) is 6.30 Å². The second kappa shape index (κ2) is 3.70. The summed E-state index contributed by atoms with van der Waals surface area (Å²) in [5.41, 5.74) is -0.0377. The first kappa shape index (κ1) is 11.3. The summed E-state index contributed by atoms with van der Waals surface area (Å²) in [6.07, 6.45) is -0.776. The highest BCUT2D eigenvalue weighted by Gasteiger charge is 2.56. The Kier molecular flexibility index (Phi) is 2.80. The molecule has 1 aliphatic heterocycles. The number of likely N-dealkylation sites (tertiary alicyclic amines) is 1. The van der Waals surface area contributed by atoms with Crippen LogP contribution in [0.1, 0.15) is 27.7 Å². The van der Waals surface area contributed by atoms with E-state index in [0.29, 0.717) is 17.8 Å². The normalized spacial score (nSPS) is 37.8. The number of rotatable bonds is 3. The summed E-state index contributed by atoms with van der Waals surface area (Å²) in [6.45, 7) is 10.6. The third kappa shape index (κ3) is 2.51. The first-order chi connectivity index (χ1) is 6.88. The highest BCUT2D eigenvalue weighted by Crippen LogP contribution is 2.52. The van der Waals surface area contributed by atoms with Crippen molar-refractivity contribution in [3.63, 3.8) is 0 Å². The third-order valence-electron chi connectivity index (χ3n) is 3.61. The zero-order valence-corrected chi connectivity index (χ0v) is 10.2. The molecule has 1 saturated heterocycles. The van der Waals surface area contributed by atoms with Gasteiger partial charge in [-0.1, -0.05) is 0 Å². The number of halogens is 1. The third-order valence-corrected chi connectivity index (χ3v) is 3.61. The highest BCUT2D eigenvalue weighted by molar-refractivity contribution is 5.05. The minimum Gasteiger partial charge on any atom is -0.376 e. The van der Waals surface area contributed by atoms with Crippen molar-refractivity contribution in [1.29, 1.82) is 0 Å². The molecule has 2 rings (SSSR count). The molecule has 0 amide bonds. The summed E-state index contributed by atoms with van der Waals surface area (Å²) in [4.78, 5) is 1.93. The van der Waals surface area contributed by atoms with Crippen molar-refractivity contribution < 1.29 is 9.13 Å². The molecule has 0 radical (unpaired) electrons. The molecule has 2 fully saturated rings. The van der Waals surface area contributed by atoms with Crippen LogP contribution in [-0.2, 0) is 4.74 Å². The fourth-order valence-electron chi connectivity index (χ4n) is 2.57. The van der Waals surface area contributed by atoms with E-state index in [1.165, 1.54) is 0 Å². The topological polar surface area (TPSA) is 12.5 Å². The number of alkyl halides is 1. The van der Waals surface area contributed by atoms with Crippen molar-refractivity contribution in [1.82, 2.24) is 4.90 Å². The Labute approximate surface area is 91.8 Å². The zero-order valence-electron chi connectivity index (χ0n) is 10.2. The molecule has 4 atom stereocenters. The smallest absolute Gasteiger partial charge is 0.150 e. The van der Waals surface area contributed by atoms with E-state index in [4.69, 9.17) is 4.74 Å². The molecule has 0 aromatic rings. The maximum absolute atomic E-state index is 13.0. The molecule has 3 heteroatoms. The molecule has 2 nitrogen and oxygen atoms in total. The van der Waals surface area contributed by atoms with Gasteiger partial charge < -0.3 is 4.74 Å². The van der Waals surface area contributed by atoms with Gasteiger partial charge in [-0.25, -0.2) is 4.39 Å². The van der Waals surface area contributed by atoms with Crippen LogP contribution in [-0.4, -0.2) is 36.5 Å². The van der Waals surface area contributed by atoms with Crippen molar-refractivity contribution in [2.75, 3.05) is 19.7 Å². The minimum atomic E-state index is -0.776. The molecule has 2 aliphatic rings. The largest absolute Gasteiger partial charge is 0.376 e. The van der Waals surface area contributed by atoms with Crippen molar-refractivity contribution in [3.05, 3.63) is 0 Å². The lowest BCUT2D eigenvalue weighted by Gasteiger charge is -2.23. The molecular weight excluding hydrogens is 193 g/mol. The van der Waals surface area contributed by atoms with E-state index in [0.717, 1.165) is 19.7 Å². The van der Waals surface area contributed by atoms with E-state index in [9.17, 15) is 4.39 Å². The van der Waals surface area contributed by atoms with Crippen molar-refractivity contribution in [2.45, 2.75) is 39.6 Å². The van der Waals surface area contributed by atoms with Gasteiger partial charge >= 0.3 is 0 Å². The number of hydrogen-bond acceptors (Lipinski definition) is 2. The molecule has 88 valence electrons. The van der Waals surface area contributed by atoms with E-state index in [1.807, 2.05) is 4.90 Å². The van der Waals surface area contributed by atoms with Crippen LogP contribution in [0, 0.1) is 17.8 Å². The Morgan fingerprint density at radius 3 is 2.27 bits per heavy atom. The summed E-state index contributed by atoms with van der Waals surface area (Å²) in [6, 6.07) is 0. The van der Waals surface area contributed by atoms with Gasteiger partial charge in [0, 0.05) is 13.1 Å². The van der Waals surface area contributed by atoms with Gasteiger partial charge in [0.1, 0.15) is 0 Å². The van der Waals surface area contributed by atoms with Crippen LogP contribution >= 0.6 is 0 Å². The lowest BCUT2D eigenvalue weighted by atomic mass is 10.2. The van der Waals surface area contributed by atoms with E-state index >= 15 is 0 Å². The predicted molar refractivity (Wildman–Crippen MR) is 58.3 cm³/mol. The first-order valence-corrected chi connectivity index (χ1v) is 5.90. The van der Waals surface area contributed by atoms with Crippen LogP contribution in [0.5, 0.6) is 0 Å². The van der Waals surface area contributed by atoms with Gasteiger partial charge in [0.25, 0.3) is 0 Å². The van der Waals surface area contributed by atoms with Crippen molar-refractivity contribution >= 4 is 0 Å². The summed E-state index contributed by atoms with van der Waals surface area (Å²) in [5, 5.41) is 0. The van der Waals surface area contributed by atoms with Crippen molar-refractivity contribution in [3.8, 4) is 0 Å². The summed E-state index contributed by atoms with van der Waals surface area (Å²) in [5.74, 6) is 2.09. The van der Waals surface area contributed by atoms with Gasteiger partial charge in [0.2, 0.25) is 0 Å². The van der Waals surface area contributed by atoms with Gasteiger partial charge in [-0.3, -0.25) is 4.90 Å². The molecule has 0 spiro atoms. The van der Waals surface area contributed by atoms with E-state index < -0.39 is 6.30 Å². The second-order valence-electron chi connectivity index (χ2n) is 5.94. The Hall–Kier alpha value is -0.150. The number of nitrogens with zero attached hydrogens (tertiary/aromatic N) is 1. The fourth-order valence-corrected chi connectivity index (χ4v) is 2.57. The lowest BCUT2D eigenvalue weighted by molar-refractivity contribution is -0.0168. The van der Waals surface area contributed by atoms with E-state index in [2.05, 4.69) is 20.8 Å². The molecule has 1 saturated carbocycles. The Bertz CT molecular complexity index is 224. The fraction of sp³-hybridized carbons (Fsp3) is 1.00. The van der Waals surface area contributed by atoms with Crippen LogP contribution in [0.15, 0.2) is 0 Å². The minimum absolute atomic E-state index is 0.0377. The summed E-state index contributed by atoms with van der Waals surface area (Å²) < 4.78 is 18.8. The lowest BCUT2D eigenvalue weighted by Crippen LogP contribution is -2.31. The monoisotopic (exact) mass is 215 g/mol. The average molecular weight is 215 g/mol. The van der Waals surface area contributed by atoms with Crippen LogP contribution in [0.25, 0.3) is 0 Å². The Morgan fingerprint density at radius 1 is 1.33 bits per heavy atom. The van der Waals surface area contributed by atoms with Gasteiger partial charge in [-0.15, -0.1) is 0 Å². The predicted octanol–water partition coefficient (Wildman–Crippen LogP) is 2.29.